The molecule has 0 aliphatic heterocycles. The van der Waals surface area contributed by atoms with E-state index in [1.54, 1.807) is 13.2 Å². The molecule has 108 valence electrons. The van der Waals surface area contributed by atoms with E-state index in [0.29, 0.717) is 0 Å². The molecular weight excluding hydrogens is 267 g/mol. The van der Waals surface area contributed by atoms with Crippen molar-refractivity contribution >= 4 is 5.69 Å². The second-order valence-electron chi connectivity index (χ2n) is 4.90. The zero-order valence-electron chi connectivity index (χ0n) is 12.1. The standard InChI is InChI=1S/C17H17FN2O/c1-12(9-13-3-6-16(21-2)7-4-13)20-15-5-8-17(18)14(10-15)11-19/h3-8,10,12,20H,9H2,1-2H3. The van der Waals surface area contributed by atoms with Gasteiger partial charge in [-0.15, -0.1) is 0 Å². The third-order valence-corrected chi connectivity index (χ3v) is 3.20. The minimum atomic E-state index is -0.495. The number of rotatable bonds is 5. The first-order valence-corrected chi connectivity index (χ1v) is 6.71. The summed E-state index contributed by atoms with van der Waals surface area (Å²) in [5.41, 5.74) is 1.98. The van der Waals surface area contributed by atoms with Crippen LogP contribution in [0.2, 0.25) is 0 Å². The van der Waals surface area contributed by atoms with Crippen molar-refractivity contribution in [3.63, 3.8) is 0 Å². The number of hydrogen-bond acceptors (Lipinski definition) is 3. The summed E-state index contributed by atoms with van der Waals surface area (Å²) < 4.78 is 18.4. The first-order chi connectivity index (χ1) is 10.1. The highest BCUT2D eigenvalue weighted by atomic mass is 19.1. The Hall–Kier alpha value is -2.54. The van der Waals surface area contributed by atoms with Gasteiger partial charge in [0.2, 0.25) is 0 Å². The van der Waals surface area contributed by atoms with Crippen LogP contribution in [0.4, 0.5) is 10.1 Å². The van der Waals surface area contributed by atoms with Gasteiger partial charge in [0.05, 0.1) is 12.7 Å². The summed E-state index contributed by atoms with van der Waals surface area (Å²) in [4.78, 5) is 0. The lowest BCUT2D eigenvalue weighted by Crippen LogP contribution is -2.18. The molecule has 2 aromatic rings. The summed E-state index contributed by atoms with van der Waals surface area (Å²) in [5.74, 6) is 0.336. The van der Waals surface area contributed by atoms with Crippen molar-refractivity contribution in [2.45, 2.75) is 19.4 Å². The molecule has 3 nitrogen and oxygen atoms in total. The van der Waals surface area contributed by atoms with Crippen LogP contribution < -0.4 is 10.1 Å². The molecule has 0 spiro atoms. The van der Waals surface area contributed by atoms with Gasteiger partial charge in [-0.05, 0) is 49.2 Å². The molecule has 0 aromatic heterocycles. The molecule has 0 amide bonds. The fourth-order valence-electron chi connectivity index (χ4n) is 2.15. The Balaban J connectivity index is 2.01. The highest BCUT2D eigenvalue weighted by Gasteiger charge is 2.07. The van der Waals surface area contributed by atoms with Crippen LogP contribution in [0.3, 0.4) is 0 Å². The second kappa shape index (κ2) is 6.76. The van der Waals surface area contributed by atoms with Gasteiger partial charge in [-0.25, -0.2) is 4.39 Å². The number of ether oxygens (including phenoxy) is 1. The fraction of sp³-hybridized carbons (Fsp3) is 0.235. The van der Waals surface area contributed by atoms with Crippen molar-refractivity contribution < 1.29 is 9.13 Å². The topological polar surface area (TPSA) is 45.0 Å². The van der Waals surface area contributed by atoms with Gasteiger partial charge in [-0.1, -0.05) is 12.1 Å². The van der Waals surface area contributed by atoms with E-state index in [0.717, 1.165) is 17.9 Å². The molecule has 0 aliphatic rings. The van der Waals surface area contributed by atoms with Gasteiger partial charge in [-0.2, -0.15) is 5.26 Å². The van der Waals surface area contributed by atoms with Crippen LogP contribution in [0.5, 0.6) is 5.75 Å². The van der Waals surface area contributed by atoms with Gasteiger partial charge in [-0.3, -0.25) is 0 Å². The largest absolute Gasteiger partial charge is 0.497 e. The highest BCUT2D eigenvalue weighted by molar-refractivity contribution is 5.50. The van der Waals surface area contributed by atoms with Crippen LogP contribution in [-0.4, -0.2) is 13.2 Å². The van der Waals surface area contributed by atoms with Gasteiger partial charge in [0.1, 0.15) is 17.6 Å². The van der Waals surface area contributed by atoms with E-state index in [4.69, 9.17) is 10.00 Å². The number of halogens is 1. The molecule has 1 N–H and O–H groups in total. The fourth-order valence-corrected chi connectivity index (χ4v) is 2.15. The number of nitriles is 1. The number of nitrogens with one attached hydrogen (secondary N) is 1. The van der Waals surface area contributed by atoms with Gasteiger partial charge in [0.15, 0.2) is 0 Å². The van der Waals surface area contributed by atoms with Crippen molar-refractivity contribution in [2.24, 2.45) is 0 Å². The van der Waals surface area contributed by atoms with E-state index < -0.39 is 5.82 Å². The molecule has 1 unspecified atom stereocenters. The maximum Gasteiger partial charge on any atom is 0.141 e. The number of hydrogen-bond donors (Lipinski definition) is 1. The molecule has 1 atom stereocenters. The maximum atomic E-state index is 13.3. The molecule has 2 aromatic carbocycles. The van der Waals surface area contributed by atoms with Crippen LogP contribution in [0.25, 0.3) is 0 Å². The molecule has 0 bridgehead atoms. The molecular formula is C17H17FN2O. The zero-order chi connectivity index (χ0) is 15.2. The van der Waals surface area contributed by atoms with E-state index in [-0.39, 0.29) is 11.6 Å². The average Bonchev–Trinajstić information content (AvgIpc) is 2.50. The molecule has 0 heterocycles. The smallest absolute Gasteiger partial charge is 0.141 e. The molecule has 0 saturated heterocycles. The zero-order valence-corrected chi connectivity index (χ0v) is 12.1. The van der Waals surface area contributed by atoms with Crippen molar-refractivity contribution in [3.05, 3.63) is 59.4 Å². The van der Waals surface area contributed by atoms with Crippen molar-refractivity contribution in [1.29, 1.82) is 5.26 Å². The van der Waals surface area contributed by atoms with Gasteiger partial charge in [0, 0.05) is 11.7 Å². The molecule has 0 radical (unpaired) electrons. The summed E-state index contributed by atoms with van der Waals surface area (Å²) in [6, 6.07) is 14.4. The number of methoxy groups -OCH3 is 1. The quantitative estimate of drug-likeness (QED) is 0.909. The minimum absolute atomic E-state index is 0.0525. The Morgan fingerprint density at radius 2 is 1.95 bits per heavy atom. The third-order valence-electron chi connectivity index (χ3n) is 3.20. The van der Waals surface area contributed by atoms with Crippen molar-refractivity contribution in [2.75, 3.05) is 12.4 Å². The monoisotopic (exact) mass is 284 g/mol. The van der Waals surface area contributed by atoms with E-state index in [9.17, 15) is 4.39 Å². The lowest BCUT2D eigenvalue weighted by Gasteiger charge is -2.16. The molecule has 2 rings (SSSR count). The molecule has 0 aliphatic carbocycles. The second-order valence-corrected chi connectivity index (χ2v) is 4.90. The van der Waals surface area contributed by atoms with Crippen molar-refractivity contribution in [1.82, 2.24) is 0 Å². The van der Waals surface area contributed by atoms with Gasteiger partial charge in [0.25, 0.3) is 0 Å². The van der Waals surface area contributed by atoms with Gasteiger partial charge >= 0.3 is 0 Å². The summed E-state index contributed by atoms with van der Waals surface area (Å²) in [6.07, 6.45) is 0.823. The van der Waals surface area contributed by atoms with Crippen LogP contribution >= 0.6 is 0 Å². The van der Waals surface area contributed by atoms with E-state index in [1.807, 2.05) is 37.3 Å². The first-order valence-electron chi connectivity index (χ1n) is 6.71. The Bertz CT molecular complexity index is 647. The molecule has 4 heteroatoms. The molecule has 0 fully saturated rings. The van der Waals surface area contributed by atoms with Crippen LogP contribution in [0.1, 0.15) is 18.1 Å². The van der Waals surface area contributed by atoms with E-state index >= 15 is 0 Å². The Kier molecular flexibility index (Phi) is 4.78. The van der Waals surface area contributed by atoms with Gasteiger partial charge < -0.3 is 10.1 Å². The third kappa shape index (κ3) is 3.96. The first kappa shape index (κ1) is 14.9. The minimum Gasteiger partial charge on any atom is -0.497 e. The number of nitrogens with zero attached hydrogens (tertiary/aromatic N) is 1. The van der Waals surface area contributed by atoms with Crippen molar-refractivity contribution in [3.8, 4) is 11.8 Å². The summed E-state index contributed by atoms with van der Waals surface area (Å²) in [7, 11) is 1.64. The lowest BCUT2D eigenvalue weighted by molar-refractivity contribution is 0.414. The van der Waals surface area contributed by atoms with Crippen LogP contribution in [-0.2, 0) is 6.42 Å². The lowest BCUT2D eigenvalue weighted by atomic mass is 10.1. The predicted molar refractivity (Wildman–Crippen MR) is 80.9 cm³/mol. The van der Waals surface area contributed by atoms with E-state index in [2.05, 4.69) is 5.32 Å². The number of benzene rings is 2. The Morgan fingerprint density at radius 1 is 1.24 bits per heavy atom. The summed E-state index contributed by atoms with van der Waals surface area (Å²) >= 11 is 0. The number of anilines is 1. The summed E-state index contributed by atoms with van der Waals surface area (Å²) in [5, 5.41) is 12.1. The average molecular weight is 284 g/mol. The SMILES string of the molecule is COc1ccc(CC(C)Nc2ccc(F)c(C#N)c2)cc1. The predicted octanol–water partition coefficient (Wildman–Crippen LogP) is 3.75. The molecule has 0 saturated carbocycles. The Morgan fingerprint density at radius 3 is 2.57 bits per heavy atom. The Labute approximate surface area is 124 Å². The molecule has 21 heavy (non-hydrogen) atoms. The summed E-state index contributed by atoms with van der Waals surface area (Å²) in [6.45, 7) is 2.04. The van der Waals surface area contributed by atoms with Crippen LogP contribution in [0, 0.1) is 17.1 Å². The van der Waals surface area contributed by atoms with E-state index in [1.165, 1.54) is 17.7 Å². The normalized spacial score (nSPS) is 11.5. The van der Waals surface area contributed by atoms with Crippen LogP contribution in [0.15, 0.2) is 42.5 Å². The highest BCUT2D eigenvalue weighted by Crippen LogP contribution is 2.17. The maximum absolute atomic E-state index is 13.3.